The zero-order valence-electron chi connectivity index (χ0n) is 16.4. The first-order valence-electron chi connectivity index (χ1n) is 9.14. The van der Waals surface area contributed by atoms with Gasteiger partial charge in [0.25, 0.3) is 0 Å². The van der Waals surface area contributed by atoms with Crippen LogP contribution in [-0.4, -0.2) is 13.9 Å². The van der Waals surface area contributed by atoms with Crippen LogP contribution in [0.2, 0.25) is 19.6 Å². The lowest BCUT2D eigenvalue weighted by atomic mass is 9.81. The van der Waals surface area contributed by atoms with Crippen molar-refractivity contribution >= 4 is 13.9 Å². The Morgan fingerprint density at radius 1 is 0.962 bits per heavy atom. The topological polar surface area (TPSA) is 17.1 Å². The maximum atomic E-state index is 13.0. The molecule has 0 saturated heterocycles. The molecule has 0 aliphatic carbocycles. The molecule has 1 nitrogen and oxygen atoms in total. The average Bonchev–Trinajstić information content (AvgIpc) is 2.64. The standard InChI is InChI=1S/C24H28OSi/c1-19(16-17-26(3,4)5)18-23(21-12-8-6-9-13-21)20(2)24(25)22-14-10-7-11-15-22/h6-15,18,20,23H,1-5H3/b19-18-. The third-order valence-corrected chi connectivity index (χ3v) is 5.13. The minimum absolute atomic E-state index is 0.0137. The van der Waals surface area contributed by atoms with Gasteiger partial charge in [-0.15, -0.1) is 5.54 Å². The summed E-state index contributed by atoms with van der Waals surface area (Å²) in [6.07, 6.45) is 2.16. The molecule has 2 rings (SSSR count). The van der Waals surface area contributed by atoms with E-state index in [0.717, 1.165) is 16.7 Å². The summed E-state index contributed by atoms with van der Waals surface area (Å²) in [6.45, 7) is 10.8. The zero-order valence-corrected chi connectivity index (χ0v) is 17.4. The summed E-state index contributed by atoms with van der Waals surface area (Å²) in [5, 5.41) is 0. The fraction of sp³-hybridized carbons (Fsp3) is 0.292. The van der Waals surface area contributed by atoms with E-state index in [1.165, 1.54) is 0 Å². The van der Waals surface area contributed by atoms with E-state index in [1.807, 2.05) is 62.4 Å². The third kappa shape index (κ3) is 5.86. The first-order chi connectivity index (χ1) is 12.3. The molecule has 0 fully saturated rings. The Hall–Kier alpha value is -2.37. The highest BCUT2D eigenvalue weighted by Crippen LogP contribution is 2.30. The number of rotatable bonds is 5. The molecule has 0 amide bonds. The largest absolute Gasteiger partial charge is 0.294 e. The van der Waals surface area contributed by atoms with Gasteiger partial charge < -0.3 is 0 Å². The Bertz CT molecular complexity index is 817. The molecular formula is C24H28OSi. The minimum atomic E-state index is -1.42. The first kappa shape index (κ1) is 19.9. The van der Waals surface area contributed by atoms with E-state index in [9.17, 15) is 4.79 Å². The fourth-order valence-electron chi connectivity index (χ4n) is 2.83. The first-order valence-corrected chi connectivity index (χ1v) is 12.6. The molecule has 2 unspecified atom stereocenters. The summed E-state index contributed by atoms with van der Waals surface area (Å²) in [5.41, 5.74) is 6.37. The van der Waals surface area contributed by atoms with Gasteiger partial charge in [-0.25, -0.2) is 0 Å². The number of Topliss-reactive ketones (excluding diaryl/α,β-unsaturated/α-hetero) is 1. The predicted molar refractivity (Wildman–Crippen MR) is 114 cm³/mol. The lowest BCUT2D eigenvalue weighted by Crippen LogP contribution is -2.19. The predicted octanol–water partition coefficient (Wildman–Crippen LogP) is 6.12. The summed E-state index contributed by atoms with van der Waals surface area (Å²) < 4.78 is 0. The smallest absolute Gasteiger partial charge is 0.166 e. The second-order valence-electron chi connectivity index (χ2n) is 7.81. The van der Waals surface area contributed by atoms with E-state index < -0.39 is 8.07 Å². The summed E-state index contributed by atoms with van der Waals surface area (Å²) >= 11 is 0. The van der Waals surface area contributed by atoms with Crippen molar-refractivity contribution in [1.82, 2.24) is 0 Å². The summed E-state index contributed by atoms with van der Waals surface area (Å²) in [6, 6.07) is 19.8. The van der Waals surface area contributed by atoms with Crippen molar-refractivity contribution in [2.24, 2.45) is 5.92 Å². The van der Waals surface area contributed by atoms with Crippen molar-refractivity contribution in [2.75, 3.05) is 0 Å². The second-order valence-corrected chi connectivity index (χ2v) is 12.6. The van der Waals surface area contributed by atoms with Gasteiger partial charge in [0.05, 0.1) is 0 Å². The molecule has 2 atom stereocenters. The van der Waals surface area contributed by atoms with E-state index in [0.29, 0.717) is 0 Å². The van der Waals surface area contributed by atoms with Gasteiger partial charge in [-0.05, 0) is 18.1 Å². The number of benzene rings is 2. The molecule has 0 radical (unpaired) electrons. The number of ketones is 1. The van der Waals surface area contributed by atoms with E-state index in [2.05, 4.69) is 49.3 Å². The van der Waals surface area contributed by atoms with Crippen molar-refractivity contribution < 1.29 is 4.79 Å². The van der Waals surface area contributed by atoms with Crippen molar-refractivity contribution in [3.05, 3.63) is 83.4 Å². The number of hydrogen-bond donors (Lipinski definition) is 0. The van der Waals surface area contributed by atoms with Crippen LogP contribution in [-0.2, 0) is 0 Å². The Kier molecular flexibility index (Phi) is 6.77. The molecule has 0 N–H and O–H groups in total. The normalized spacial score (nSPS) is 14.1. The SMILES string of the molecule is C/C(C#C[Si](C)(C)C)=C/C(c1ccccc1)C(C)C(=O)c1ccccc1. The lowest BCUT2D eigenvalue weighted by molar-refractivity contribution is 0.0921. The van der Waals surface area contributed by atoms with Crippen LogP contribution in [0.25, 0.3) is 0 Å². The highest BCUT2D eigenvalue weighted by atomic mass is 28.3. The van der Waals surface area contributed by atoms with E-state index in [-0.39, 0.29) is 17.6 Å². The molecule has 2 aromatic rings. The molecule has 0 aliphatic heterocycles. The maximum Gasteiger partial charge on any atom is 0.166 e. The van der Waals surface area contributed by atoms with Gasteiger partial charge in [0.2, 0.25) is 0 Å². The average molecular weight is 361 g/mol. The Morgan fingerprint density at radius 3 is 2.04 bits per heavy atom. The minimum Gasteiger partial charge on any atom is -0.294 e. The molecule has 2 aromatic carbocycles. The van der Waals surface area contributed by atoms with Crippen LogP contribution in [0.1, 0.15) is 35.7 Å². The summed E-state index contributed by atoms with van der Waals surface area (Å²) in [7, 11) is -1.42. The van der Waals surface area contributed by atoms with Crippen LogP contribution in [0.5, 0.6) is 0 Å². The quantitative estimate of drug-likeness (QED) is 0.357. The molecule has 0 saturated carbocycles. The molecule has 26 heavy (non-hydrogen) atoms. The van der Waals surface area contributed by atoms with Crippen molar-refractivity contribution in [3.8, 4) is 11.5 Å². The van der Waals surface area contributed by atoms with Crippen molar-refractivity contribution in [2.45, 2.75) is 39.4 Å². The van der Waals surface area contributed by atoms with Gasteiger partial charge >= 0.3 is 0 Å². The van der Waals surface area contributed by atoms with Crippen LogP contribution in [0.15, 0.2) is 72.3 Å². The van der Waals surface area contributed by atoms with Gasteiger partial charge in [-0.2, -0.15) is 0 Å². The van der Waals surface area contributed by atoms with Gasteiger partial charge in [0.15, 0.2) is 5.78 Å². The van der Waals surface area contributed by atoms with Gasteiger partial charge in [-0.3, -0.25) is 4.79 Å². The Morgan fingerprint density at radius 2 is 1.50 bits per heavy atom. The molecule has 0 bridgehead atoms. The highest BCUT2D eigenvalue weighted by molar-refractivity contribution is 6.83. The van der Waals surface area contributed by atoms with Crippen LogP contribution in [0.3, 0.4) is 0 Å². The molecule has 0 aliphatic rings. The van der Waals surface area contributed by atoms with Crippen LogP contribution in [0.4, 0.5) is 0 Å². The number of carbonyl (C=O) groups is 1. The molecule has 0 spiro atoms. The Labute approximate surface area is 159 Å². The van der Waals surface area contributed by atoms with Crippen molar-refractivity contribution in [1.29, 1.82) is 0 Å². The molecule has 2 heteroatoms. The van der Waals surface area contributed by atoms with E-state index >= 15 is 0 Å². The summed E-state index contributed by atoms with van der Waals surface area (Å²) in [5.74, 6) is 3.35. The van der Waals surface area contributed by atoms with E-state index in [4.69, 9.17) is 0 Å². The highest BCUT2D eigenvalue weighted by Gasteiger charge is 2.24. The fourth-order valence-corrected chi connectivity index (χ4v) is 3.40. The third-order valence-electron chi connectivity index (χ3n) is 4.26. The molecular weight excluding hydrogens is 332 g/mol. The van der Waals surface area contributed by atoms with Gasteiger partial charge in [0.1, 0.15) is 8.07 Å². The van der Waals surface area contributed by atoms with Crippen molar-refractivity contribution in [3.63, 3.8) is 0 Å². The Balaban J connectivity index is 2.38. The second kappa shape index (κ2) is 8.83. The van der Waals surface area contributed by atoms with Crippen LogP contribution < -0.4 is 0 Å². The zero-order chi connectivity index (χ0) is 19.2. The molecule has 134 valence electrons. The maximum absolute atomic E-state index is 13.0. The molecule has 0 heterocycles. The van der Waals surface area contributed by atoms with Crippen LogP contribution in [0, 0.1) is 17.4 Å². The summed E-state index contributed by atoms with van der Waals surface area (Å²) in [4.78, 5) is 13.0. The van der Waals surface area contributed by atoms with Gasteiger partial charge in [-0.1, -0.05) is 99.2 Å². The monoisotopic (exact) mass is 360 g/mol. The molecule has 0 aromatic heterocycles. The van der Waals surface area contributed by atoms with Gasteiger partial charge in [0, 0.05) is 17.4 Å². The number of allylic oxidation sites excluding steroid dienone is 2. The number of carbonyl (C=O) groups excluding carboxylic acids is 1. The lowest BCUT2D eigenvalue weighted by Gasteiger charge is -2.21. The number of hydrogen-bond acceptors (Lipinski definition) is 1. The van der Waals surface area contributed by atoms with E-state index in [1.54, 1.807) is 0 Å². The van der Waals surface area contributed by atoms with Crippen LogP contribution >= 0.6 is 0 Å².